The van der Waals surface area contributed by atoms with E-state index < -0.39 is 23.6 Å². The Morgan fingerprint density at radius 1 is 0.933 bits per heavy atom. The third-order valence-corrected chi connectivity index (χ3v) is 4.41. The molecule has 0 aromatic heterocycles. The molecule has 4 nitrogen and oxygen atoms in total. The van der Waals surface area contributed by atoms with Crippen molar-refractivity contribution in [3.8, 4) is 0 Å². The van der Waals surface area contributed by atoms with E-state index in [0.29, 0.717) is 5.56 Å². The number of hydrogen-bond acceptors (Lipinski definition) is 2. The zero-order valence-corrected chi connectivity index (χ0v) is 16.1. The fourth-order valence-electron chi connectivity index (χ4n) is 2.97. The standard InChI is InChI=1S/C23H19F3N2O2/c1-15(29)28-21(13-18-7-4-6-17-5-2-3-8-20(17)18)22(30)27-14-16-9-11-19(12-10-16)23(24,25)26/h2-13H,14H2,1H3,(H,27,30)(H,28,29)/b21-13+. The number of nitrogens with one attached hydrogen (secondary N) is 2. The van der Waals surface area contributed by atoms with Gasteiger partial charge in [-0.1, -0.05) is 54.6 Å². The van der Waals surface area contributed by atoms with Gasteiger partial charge in [-0.05, 0) is 40.1 Å². The molecule has 3 aromatic carbocycles. The molecule has 0 atom stereocenters. The maximum absolute atomic E-state index is 12.7. The van der Waals surface area contributed by atoms with Gasteiger partial charge >= 0.3 is 6.18 Å². The first kappa shape index (κ1) is 21.1. The first-order valence-electron chi connectivity index (χ1n) is 9.15. The van der Waals surface area contributed by atoms with Gasteiger partial charge in [0, 0.05) is 13.5 Å². The van der Waals surface area contributed by atoms with Crippen LogP contribution >= 0.6 is 0 Å². The van der Waals surface area contributed by atoms with Crippen LogP contribution in [0.2, 0.25) is 0 Å². The number of rotatable bonds is 5. The Balaban J connectivity index is 1.80. The van der Waals surface area contributed by atoms with Crippen molar-refractivity contribution in [1.29, 1.82) is 0 Å². The number of amides is 2. The lowest BCUT2D eigenvalue weighted by Crippen LogP contribution is -2.33. The number of fused-ring (bicyclic) bond motifs is 1. The summed E-state index contributed by atoms with van der Waals surface area (Å²) in [6, 6.07) is 17.8. The summed E-state index contributed by atoms with van der Waals surface area (Å²) in [5, 5.41) is 7.05. The van der Waals surface area contributed by atoms with E-state index >= 15 is 0 Å². The van der Waals surface area contributed by atoms with Crippen molar-refractivity contribution in [2.24, 2.45) is 0 Å². The molecule has 2 amide bonds. The Hall–Kier alpha value is -3.61. The third-order valence-electron chi connectivity index (χ3n) is 4.41. The van der Waals surface area contributed by atoms with Crippen LogP contribution in [0.3, 0.4) is 0 Å². The Labute approximate surface area is 171 Å². The van der Waals surface area contributed by atoms with Crippen molar-refractivity contribution >= 4 is 28.7 Å². The molecule has 0 bridgehead atoms. The van der Waals surface area contributed by atoms with Gasteiger partial charge in [-0.2, -0.15) is 13.2 Å². The summed E-state index contributed by atoms with van der Waals surface area (Å²) in [5.41, 5.74) is 0.545. The van der Waals surface area contributed by atoms with Gasteiger partial charge in [-0.15, -0.1) is 0 Å². The lowest BCUT2D eigenvalue weighted by atomic mass is 10.0. The fraction of sp³-hybridized carbons (Fsp3) is 0.130. The molecule has 0 fully saturated rings. The van der Waals surface area contributed by atoms with E-state index in [1.807, 2.05) is 42.5 Å². The minimum Gasteiger partial charge on any atom is -0.347 e. The van der Waals surface area contributed by atoms with E-state index in [2.05, 4.69) is 10.6 Å². The van der Waals surface area contributed by atoms with Crippen LogP contribution in [0.1, 0.15) is 23.6 Å². The summed E-state index contributed by atoms with van der Waals surface area (Å²) in [7, 11) is 0. The molecule has 0 saturated heterocycles. The van der Waals surface area contributed by atoms with Gasteiger partial charge in [0.25, 0.3) is 5.91 Å². The summed E-state index contributed by atoms with van der Waals surface area (Å²) in [4.78, 5) is 24.2. The molecule has 2 N–H and O–H groups in total. The lowest BCUT2D eigenvalue weighted by Gasteiger charge is -2.12. The van der Waals surface area contributed by atoms with E-state index in [-0.39, 0.29) is 12.2 Å². The van der Waals surface area contributed by atoms with Gasteiger partial charge in [0.15, 0.2) is 0 Å². The number of benzene rings is 3. The Kier molecular flexibility index (Phi) is 6.20. The number of carbonyl (C=O) groups excluding carboxylic acids is 2. The fourth-order valence-corrected chi connectivity index (χ4v) is 2.97. The molecule has 30 heavy (non-hydrogen) atoms. The zero-order valence-electron chi connectivity index (χ0n) is 16.1. The molecule has 0 aliphatic heterocycles. The predicted molar refractivity (Wildman–Crippen MR) is 109 cm³/mol. The van der Waals surface area contributed by atoms with Gasteiger partial charge in [-0.3, -0.25) is 9.59 Å². The maximum atomic E-state index is 12.7. The van der Waals surface area contributed by atoms with Crippen molar-refractivity contribution < 1.29 is 22.8 Å². The number of hydrogen-bond donors (Lipinski definition) is 2. The average Bonchev–Trinajstić information content (AvgIpc) is 2.71. The van der Waals surface area contributed by atoms with Crippen molar-refractivity contribution in [1.82, 2.24) is 10.6 Å². The quantitative estimate of drug-likeness (QED) is 0.600. The van der Waals surface area contributed by atoms with Gasteiger partial charge in [0.05, 0.1) is 5.56 Å². The van der Waals surface area contributed by atoms with Crippen LogP contribution in [0.4, 0.5) is 13.2 Å². The molecule has 0 radical (unpaired) electrons. The van der Waals surface area contributed by atoms with Crippen LogP contribution in [0.25, 0.3) is 16.8 Å². The largest absolute Gasteiger partial charge is 0.416 e. The maximum Gasteiger partial charge on any atom is 0.416 e. The summed E-state index contributed by atoms with van der Waals surface area (Å²) in [6.45, 7) is 1.31. The molecule has 0 aliphatic carbocycles. The highest BCUT2D eigenvalue weighted by Crippen LogP contribution is 2.29. The minimum atomic E-state index is -4.42. The molecule has 0 saturated carbocycles. The van der Waals surface area contributed by atoms with E-state index in [9.17, 15) is 22.8 Å². The van der Waals surface area contributed by atoms with E-state index in [1.165, 1.54) is 19.1 Å². The van der Waals surface area contributed by atoms with E-state index in [4.69, 9.17) is 0 Å². The molecule has 0 unspecified atom stereocenters. The van der Waals surface area contributed by atoms with E-state index in [1.54, 1.807) is 6.08 Å². The lowest BCUT2D eigenvalue weighted by molar-refractivity contribution is -0.137. The smallest absolute Gasteiger partial charge is 0.347 e. The number of carbonyl (C=O) groups is 2. The predicted octanol–water partition coefficient (Wildman–Crippen LogP) is 4.65. The molecular formula is C23H19F3N2O2. The molecule has 0 aliphatic rings. The Morgan fingerprint density at radius 2 is 1.60 bits per heavy atom. The van der Waals surface area contributed by atoms with Gasteiger partial charge in [-0.25, -0.2) is 0 Å². The second-order valence-electron chi connectivity index (χ2n) is 6.68. The molecule has 154 valence electrons. The normalized spacial score (nSPS) is 11.9. The van der Waals surface area contributed by atoms with Gasteiger partial charge in [0.2, 0.25) is 5.91 Å². The van der Waals surface area contributed by atoms with Crippen LogP contribution in [0.15, 0.2) is 72.4 Å². The molecule has 7 heteroatoms. The third kappa shape index (κ3) is 5.26. The van der Waals surface area contributed by atoms with Gasteiger partial charge < -0.3 is 10.6 Å². The Bertz CT molecular complexity index is 1100. The van der Waals surface area contributed by atoms with Crippen LogP contribution in [-0.4, -0.2) is 11.8 Å². The minimum absolute atomic E-state index is 0.0173. The topological polar surface area (TPSA) is 58.2 Å². The van der Waals surface area contributed by atoms with Crippen molar-refractivity contribution in [3.63, 3.8) is 0 Å². The van der Waals surface area contributed by atoms with E-state index in [0.717, 1.165) is 28.5 Å². The second-order valence-corrected chi connectivity index (χ2v) is 6.68. The average molecular weight is 412 g/mol. The Morgan fingerprint density at radius 3 is 2.27 bits per heavy atom. The molecular weight excluding hydrogens is 393 g/mol. The van der Waals surface area contributed by atoms with Crippen molar-refractivity contribution in [2.45, 2.75) is 19.6 Å². The summed E-state index contributed by atoms with van der Waals surface area (Å²) in [5.74, 6) is -0.954. The molecule has 3 rings (SSSR count). The highest BCUT2D eigenvalue weighted by molar-refractivity contribution is 6.03. The van der Waals surface area contributed by atoms with Crippen LogP contribution in [-0.2, 0) is 22.3 Å². The highest BCUT2D eigenvalue weighted by Gasteiger charge is 2.29. The van der Waals surface area contributed by atoms with Crippen LogP contribution in [0.5, 0.6) is 0 Å². The number of halogens is 3. The molecule has 0 heterocycles. The van der Waals surface area contributed by atoms with Crippen molar-refractivity contribution in [3.05, 3.63) is 89.1 Å². The summed E-state index contributed by atoms with van der Waals surface area (Å²) in [6.07, 6.45) is -2.84. The first-order valence-corrected chi connectivity index (χ1v) is 9.15. The van der Waals surface area contributed by atoms with Crippen molar-refractivity contribution in [2.75, 3.05) is 0 Å². The summed E-state index contributed by atoms with van der Waals surface area (Å²) >= 11 is 0. The molecule has 3 aromatic rings. The van der Waals surface area contributed by atoms with Crippen LogP contribution < -0.4 is 10.6 Å². The first-order chi connectivity index (χ1) is 14.2. The van der Waals surface area contributed by atoms with Gasteiger partial charge in [0.1, 0.15) is 5.70 Å². The number of alkyl halides is 3. The summed E-state index contributed by atoms with van der Waals surface area (Å²) < 4.78 is 38.0. The zero-order chi connectivity index (χ0) is 21.7. The SMILES string of the molecule is CC(=O)N/C(=C/c1cccc2ccccc12)C(=O)NCc1ccc(C(F)(F)F)cc1. The highest BCUT2D eigenvalue weighted by atomic mass is 19.4. The molecule has 0 spiro atoms. The monoisotopic (exact) mass is 412 g/mol. The second kappa shape index (κ2) is 8.82. The van der Waals surface area contributed by atoms with Crippen LogP contribution in [0, 0.1) is 0 Å².